The van der Waals surface area contributed by atoms with Crippen LogP contribution in [0.25, 0.3) is 0 Å². The minimum atomic E-state index is -0.290. The second-order valence-electron chi connectivity index (χ2n) is 6.12. The Bertz CT molecular complexity index is 953. The van der Waals surface area contributed by atoms with Gasteiger partial charge in [0.05, 0.1) is 17.4 Å². The molecule has 1 atom stereocenters. The van der Waals surface area contributed by atoms with Gasteiger partial charge >= 0.3 is 0 Å². The molecule has 1 heterocycles. The smallest absolute Gasteiger partial charge is 0.132 e. The second-order valence-corrected chi connectivity index (χ2v) is 7.03. The summed E-state index contributed by atoms with van der Waals surface area (Å²) in [6.07, 6.45) is 0.544. The van der Waals surface area contributed by atoms with Gasteiger partial charge in [0.2, 0.25) is 0 Å². The van der Waals surface area contributed by atoms with E-state index in [1.807, 2.05) is 29.3 Å². The Kier molecular flexibility index (Phi) is 4.55. The molecule has 0 amide bonds. The quantitative estimate of drug-likeness (QED) is 0.508. The predicted molar refractivity (Wildman–Crippen MR) is 103 cm³/mol. The Hall–Kier alpha value is -2.53. The average molecular weight is 413 g/mol. The third kappa shape index (κ3) is 3.27. The topological polar surface area (TPSA) is 15.6 Å². The summed E-state index contributed by atoms with van der Waals surface area (Å²) in [5.41, 5.74) is 3.01. The SMILES string of the molecule is Fc1ccc(C2CC(c3ccccc3F)=NN2c2ccc(Br)cc2)cc1. The van der Waals surface area contributed by atoms with Crippen molar-refractivity contribution in [2.24, 2.45) is 5.10 Å². The maximum Gasteiger partial charge on any atom is 0.132 e. The van der Waals surface area contributed by atoms with Gasteiger partial charge in [0, 0.05) is 16.5 Å². The van der Waals surface area contributed by atoms with Crippen LogP contribution in [0.1, 0.15) is 23.6 Å². The highest BCUT2D eigenvalue weighted by molar-refractivity contribution is 9.10. The highest BCUT2D eigenvalue weighted by Crippen LogP contribution is 2.37. The van der Waals surface area contributed by atoms with Crippen molar-refractivity contribution in [2.75, 3.05) is 5.01 Å². The summed E-state index contributed by atoms with van der Waals surface area (Å²) >= 11 is 3.43. The van der Waals surface area contributed by atoms with Crippen molar-refractivity contribution < 1.29 is 8.78 Å². The van der Waals surface area contributed by atoms with Crippen LogP contribution in [0.5, 0.6) is 0 Å². The molecule has 26 heavy (non-hydrogen) atoms. The average Bonchev–Trinajstić information content (AvgIpc) is 3.08. The number of rotatable bonds is 3. The number of hydrogen-bond acceptors (Lipinski definition) is 2. The number of benzene rings is 3. The molecule has 4 rings (SSSR count). The van der Waals surface area contributed by atoms with Crippen molar-refractivity contribution in [1.82, 2.24) is 0 Å². The Morgan fingerprint density at radius 2 is 1.58 bits per heavy atom. The van der Waals surface area contributed by atoms with Crippen molar-refractivity contribution in [3.8, 4) is 0 Å². The summed E-state index contributed by atoms with van der Waals surface area (Å²) in [6, 6.07) is 20.7. The lowest BCUT2D eigenvalue weighted by atomic mass is 9.98. The standard InChI is InChI=1S/C21H15BrF2N2/c22-15-7-11-17(12-8-15)26-21(14-5-9-16(23)10-6-14)13-20(25-26)18-3-1-2-4-19(18)24/h1-12,21H,13H2. The van der Waals surface area contributed by atoms with Gasteiger partial charge in [-0.05, 0) is 48.0 Å². The molecule has 2 nitrogen and oxygen atoms in total. The van der Waals surface area contributed by atoms with Crippen LogP contribution in [0.3, 0.4) is 0 Å². The monoisotopic (exact) mass is 412 g/mol. The first kappa shape index (κ1) is 16.9. The molecule has 1 aliphatic rings. The van der Waals surface area contributed by atoms with E-state index in [1.165, 1.54) is 18.2 Å². The van der Waals surface area contributed by atoms with Gasteiger partial charge in [-0.3, -0.25) is 5.01 Å². The van der Waals surface area contributed by atoms with E-state index >= 15 is 0 Å². The Labute approximate surface area is 158 Å². The maximum atomic E-state index is 14.3. The number of hydrazone groups is 1. The van der Waals surface area contributed by atoms with Gasteiger partial charge in [-0.15, -0.1) is 0 Å². The molecule has 0 saturated carbocycles. The molecule has 130 valence electrons. The molecule has 0 saturated heterocycles. The van der Waals surface area contributed by atoms with Crippen LogP contribution in [-0.2, 0) is 0 Å². The summed E-state index contributed by atoms with van der Waals surface area (Å²) in [4.78, 5) is 0. The van der Waals surface area contributed by atoms with Gasteiger partial charge in [0.15, 0.2) is 0 Å². The number of nitrogens with zero attached hydrogens (tertiary/aromatic N) is 2. The van der Waals surface area contributed by atoms with Gasteiger partial charge in [0.1, 0.15) is 11.6 Å². The second kappa shape index (κ2) is 7.00. The molecule has 0 aliphatic carbocycles. The van der Waals surface area contributed by atoms with Crippen molar-refractivity contribution >= 4 is 27.3 Å². The van der Waals surface area contributed by atoms with Crippen LogP contribution in [0.2, 0.25) is 0 Å². The molecule has 1 aliphatic heterocycles. The summed E-state index contributed by atoms with van der Waals surface area (Å²) in [5.74, 6) is -0.570. The zero-order chi connectivity index (χ0) is 18.1. The van der Waals surface area contributed by atoms with Crippen molar-refractivity contribution in [3.63, 3.8) is 0 Å². The van der Waals surface area contributed by atoms with Crippen LogP contribution in [0.15, 0.2) is 82.4 Å². The molecular formula is C21H15BrF2N2. The highest BCUT2D eigenvalue weighted by atomic mass is 79.9. The Morgan fingerprint density at radius 1 is 0.885 bits per heavy atom. The molecular weight excluding hydrogens is 398 g/mol. The van der Waals surface area contributed by atoms with E-state index in [9.17, 15) is 8.78 Å². The van der Waals surface area contributed by atoms with Crippen LogP contribution in [0, 0.1) is 11.6 Å². The summed E-state index contributed by atoms with van der Waals surface area (Å²) in [5, 5.41) is 6.58. The zero-order valence-corrected chi connectivity index (χ0v) is 15.3. The molecule has 0 fully saturated rings. The van der Waals surface area contributed by atoms with Crippen LogP contribution < -0.4 is 5.01 Å². The largest absolute Gasteiger partial charge is 0.257 e. The molecule has 1 unspecified atom stereocenters. The molecule has 0 radical (unpaired) electrons. The van der Waals surface area contributed by atoms with E-state index in [1.54, 1.807) is 30.3 Å². The van der Waals surface area contributed by atoms with E-state index in [-0.39, 0.29) is 17.7 Å². The number of hydrogen-bond donors (Lipinski definition) is 0. The fourth-order valence-electron chi connectivity index (χ4n) is 3.14. The number of anilines is 1. The Morgan fingerprint density at radius 3 is 2.27 bits per heavy atom. The maximum absolute atomic E-state index is 14.3. The molecule has 3 aromatic rings. The van der Waals surface area contributed by atoms with E-state index in [0.717, 1.165) is 15.7 Å². The van der Waals surface area contributed by atoms with Crippen molar-refractivity contribution in [2.45, 2.75) is 12.5 Å². The normalized spacial score (nSPS) is 16.7. The summed E-state index contributed by atoms with van der Waals surface area (Å²) in [7, 11) is 0. The minimum absolute atomic E-state index is 0.119. The Balaban J connectivity index is 1.77. The fraction of sp³-hybridized carbons (Fsp3) is 0.0952. The van der Waals surface area contributed by atoms with Gasteiger partial charge < -0.3 is 0 Å². The van der Waals surface area contributed by atoms with Gasteiger partial charge in [0.25, 0.3) is 0 Å². The molecule has 0 bridgehead atoms. The molecule has 0 aromatic heterocycles. The van der Waals surface area contributed by atoms with Crippen LogP contribution >= 0.6 is 15.9 Å². The third-order valence-corrected chi connectivity index (χ3v) is 4.97. The minimum Gasteiger partial charge on any atom is -0.257 e. The first-order valence-corrected chi connectivity index (χ1v) is 9.04. The molecule has 0 N–H and O–H groups in total. The van der Waals surface area contributed by atoms with E-state index < -0.39 is 0 Å². The van der Waals surface area contributed by atoms with E-state index in [0.29, 0.717) is 17.7 Å². The lowest BCUT2D eigenvalue weighted by molar-refractivity contribution is 0.623. The summed E-state index contributed by atoms with van der Waals surface area (Å²) < 4.78 is 28.6. The molecule has 3 aromatic carbocycles. The van der Waals surface area contributed by atoms with Crippen molar-refractivity contribution in [3.05, 3.63) is 100 Å². The van der Waals surface area contributed by atoms with Crippen molar-refractivity contribution in [1.29, 1.82) is 0 Å². The van der Waals surface area contributed by atoms with E-state index in [4.69, 9.17) is 5.10 Å². The third-order valence-electron chi connectivity index (χ3n) is 4.44. The number of halogens is 3. The molecule has 0 spiro atoms. The van der Waals surface area contributed by atoms with Crippen LogP contribution in [-0.4, -0.2) is 5.71 Å². The molecule has 5 heteroatoms. The van der Waals surface area contributed by atoms with E-state index in [2.05, 4.69) is 15.9 Å². The first-order valence-electron chi connectivity index (χ1n) is 8.24. The van der Waals surface area contributed by atoms with Gasteiger partial charge in [-0.25, -0.2) is 8.78 Å². The first-order chi connectivity index (χ1) is 12.6. The fourth-order valence-corrected chi connectivity index (χ4v) is 3.41. The highest BCUT2D eigenvalue weighted by Gasteiger charge is 2.30. The van der Waals surface area contributed by atoms with Gasteiger partial charge in [-0.1, -0.05) is 46.3 Å². The summed E-state index contributed by atoms with van der Waals surface area (Å²) in [6.45, 7) is 0. The zero-order valence-electron chi connectivity index (χ0n) is 13.7. The van der Waals surface area contributed by atoms with Gasteiger partial charge in [-0.2, -0.15) is 5.10 Å². The lowest BCUT2D eigenvalue weighted by Gasteiger charge is -2.24. The lowest BCUT2D eigenvalue weighted by Crippen LogP contribution is -2.18. The predicted octanol–water partition coefficient (Wildman–Crippen LogP) is 6.08. The van der Waals surface area contributed by atoms with Crippen LogP contribution in [0.4, 0.5) is 14.5 Å².